The van der Waals surface area contributed by atoms with Crippen LogP contribution in [0.25, 0.3) is 98.4 Å². The highest BCUT2D eigenvalue weighted by Crippen LogP contribution is 2.49. The number of carbonyl (C=O) groups excluding carboxylic acids is 4. The number of rotatable bonds is 2. The summed E-state index contributed by atoms with van der Waals surface area (Å²) in [4.78, 5) is 62.5. The van der Waals surface area contributed by atoms with Gasteiger partial charge in [0.15, 0.2) is 0 Å². The van der Waals surface area contributed by atoms with Gasteiger partial charge in [0, 0.05) is 139 Å². The van der Waals surface area contributed by atoms with Crippen molar-refractivity contribution >= 4 is 139 Å². The van der Waals surface area contributed by atoms with Crippen LogP contribution in [0, 0.1) is 0 Å². The van der Waals surface area contributed by atoms with Crippen molar-refractivity contribution in [1.82, 2.24) is 38.5 Å². The number of imide groups is 2. The number of aryl methyl sites for hydroxylation is 2. The Hall–Kier alpha value is -8.52. The first-order chi connectivity index (χ1) is 37.4. The fraction of sp³-hybridized carbons (Fsp3) is 0.153. The third-order valence-electron chi connectivity index (χ3n) is 15.8. The van der Waals surface area contributed by atoms with Crippen LogP contribution in [0.2, 0.25) is 0 Å². The molecule has 16 nitrogen and oxygen atoms in total. The van der Waals surface area contributed by atoms with Gasteiger partial charge in [-0.25, -0.2) is 0 Å². The van der Waals surface area contributed by atoms with Crippen molar-refractivity contribution in [3.05, 3.63) is 161 Å². The maximum atomic E-state index is 13.4. The van der Waals surface area contributed by atoms with Gasteiger partial charge in [0.05, 0.1) is 56.5 Å². The number of aliphatic hydroxyl groups is 2. The van der Waals surface area contributed by atoms with E-state index >= 15 is 0 Å². The zero-order valence-corrected chi connectivity index (χ0v) is 42.7. The first-order valence-electron chi connectivity index (χ1n) is 25.3. The van der Waals surface area contributed by atoms with Gasteiger partial charge in [0.1, 0.15) is 0 Å². The number of carbonyl (C=O) groups is 4. The highest BCUT2D eigenvalue weighted by molar-refractivity contribution is 9.10. The molecule has 4 aliphatic rings. The van der Waals surface area contributed by atoms with Crippen molar-refractivity contribution < 1.29 is 39.4 Å². The van der Waals surface area contributed by atoms with Crippen molar-refractivity contribution in [2.75, 3.05) is 7.05 Å². The van der Waals surface area contributed by atoms with Gasteiger partial charge in [-0.3, -0.25) is 39.4 Å². The molecule has 2 atom stereocenters. The Morgan fingerprint density at radius 3 is 1.55 bits per heavy atom. The number of pyridine rings is 2. The molecule has 5 N–H and O–H groups in total. The quantitative estimate of drug-likeness (QED) is 0.0831. The third kappa shape index (κ3) is 6.85. The molecule has 4 aliphatic heterocycles. The van der Waals surface area contributed by atoms with Crippen LogP contribution >= 0.6 is 15.9 Å². The van der Waals surface area contributed by atoms with E-state index in [1.54, 1.807) is 31.6 Å². The topological polar surface area (TPSA) is 210 Å². The summed E-state index contributed by atoms with van der Waals surface area (Å²) in [6.45, 7) is 2.12. The molecule has 0 radical (unpaired) electrons. The molecule has 16 rings (SSSR count). The van der Waals surface area contributed by atoms with Gasteiger partial charge >= 0.3 is 7.12 Å². The fourth-order valence-corrected chi connectivity index (χ4v) is 12.9. The molecule has 4 amide bonds. The van der Waals surface area contributed by atoms with Gasteiger partial charge in [0.2, 0.25) is 0 Å². The summed E-state index contributed by atoms with van der Waals surface area (Å²) in [6, 6.07) is 35.3. The van der Waals surface area contributed by atoms with E-state index in [4.69, 9.17) is 10.0 Å². The second kappa shape index (κ2) is 17.5. The van der Waals surface area contributed by atoms with E-state index in [2.05, 4.69) is 67.7 Å². The first-order valence-corrected chi connectivity index (χ1v) is 26.1. The van der Waals surface area contributed by atoms with Gasteiger partial charge in [-0.1, -0.05) is 70.5 Å². The van der Waals surface area contributed by atoms with Crippen LogP contribution in [0.4, 0.5) is 0 Å². The number of amides is 4. The summed E-state index contributed by atoms with van der Waals surface area (Å²) in [7, 11) is 0.150. The predicted octanol–water partition coefficient (Wildman–Crippen LogP) is 8.03. The van der Waals surface area contributed by atoms with Crippen LogP contribution < -0.4 is 10.8 Å². The van der Waals surface area contributed by atoms with Crippen LogP contribution in [-0.4, -0.2) is 103 Å². The summed E-state index contributed by atoms with van der Waals surface area (Å²) in [5, 5.41) is 48.3. The van der Waals surface area contributed by atoms with Crippen molar-refractivity contribution in [2.45, 2.75) is 51.2 Å². The van der Waals surface area contributed by atoms with E-state index in [0.717, 1.165) is 103 Å². The average molecular weight is 1080 g/mol. The second-order valence-corrected chi connectivity index (χ2v) is 21.0. The van der Waals surface area contributed by atoms with Crippen molar-refractivity contribution in [3.63, 3.8) is 0 Å². The Bertz CT molecular complexity index is 4580. The van der Waals surface area contributed by atoms with Gasteiger partial charge in [-0.15, -0.1) is 0 Å². The van der Waals surface area contributed by atoms with Crippen molar-refractivity contribution in [1.29, 1.82) is 0 Å². The maximum absolute atomic E-state index is 13.4. The van der Waals surface area contributed by atoms with E-state index in [-0.39, 0.29) is 23.6 Å². The Morgan fingerprint density at radius 1 is 0.532 bits per heavy atom. The smallest absolute Gasteiger partial charge is 0.423 e. The fourth-order valence-electron chi connectivity index (χ4n) is 12.6. The molecule has 6 aromatic carbocycles. The summed E-state index contributed by atoms with van der Waals surface area (Å²) >= 11 is 3.58. The molecule has 12 aromatic rings. The molecule has 77 heavy (non-hydrogen) atoms. The lowest BCUT2D eigenvalue weighted by atomic mass is 9.82. The summed E-state index contributed by atoms with van der Waals surface area (Å²) in [6.07, 6.45) is 6.68. The number of hydrogen-bond donors (Lipinski definition) is 5. The van der Waals surface area contributed by atoms with Crippen LogP contribution in [0.5, 0.6) is 0 Å². The first kappa shape index (κ1) is 47.0. The van der Waals surface area contributed by atoms with Crippen molar-refractivity contribution in [3.8, 4) is 11.1 Å². The molecule has 18 heteroatoms. The lowest BCUT2D eigenvalue weighted by molar-refractivity contribution is 0.0692. The molecule has 0 saturated heterocycles. The monoisotopic (exact) mass is 1080 g/mol. The Balaban J connectivity index is 0.000000122. The van der Waals surface area contributed by atoms with E-state index in [1.807, 2.05) is 85.1 Å². The normalized spacial score (nSPS) is 16.8. The van der Waals surface area contributed by atoms with Crippen LogP contribution in [0.15, 0.2) is 138 Å². The maximum Gasteiger partial charge on any atom is 0.490 e. The van der Waals surface area contributed by atoms with Crippen LogP contribution in [-0.2, 0) is 26.2 Å². The molecule has 378 valence electrons. The highest BCUT2D eigenvalue weighted by Gasteiger charge is 2.41. The lowest BCUT2D eigenvalue weighted by Gasteiger charge is -2.20. The van der Waals surface area contributed by atoms with Crippen LogP contribution in [0.1, 0.15) is 54.3 Å². The number of aromatic nitrogens is 6. The van der Waals surface area contributed by atoms with Gasteiger partial charge < -0.3 is 38.5 Å². The van der Waals surface area contributed by atoms with E-state index in [1.165, 1.54) is 11.1 Å². The zero-order chi connectivity index (χ0) is 52.7. The minimum atomic E-state index is -1.40. The average Bonchev–Trinajstić information content (AvgIpc) is 4.44. The number of fused-ring (bicyclic) bond motifs is 18. The highest BCUT2D eigenvalue weighted by atomic mass is 79.9. The number of para-hydroxylation sites is 2. The lowest BCUT2D eigenvalue weighted by Crippen LogP contribution is -2.29. The summed E-state index contributed by atoms with van der Waals surface area (Å²) in [5.41, 5.74) is 11.8. The number of hydrogen-bond acceptors (Lipinski definition) is 10. The largest absolute Gasteiger partial charge is 0.490 e. The Morgan fingerprint density at radius 2 is 1.01 bits per heavy atom. The van der Waals surface area contributed by atoms with E-state index in [9.17, 15) is 29.4 Å². The molecule has 0 bridgehead atoms. The molecule has 2 unspecified atom stereocenters. The Kier molecular flexibility index (Phi) is 10.7. The number of benzene rings is 6. The second-order valence-electron chi connectivity index (χ2n) is 20.1. The third-order valence-corrected chi connectivity index (χ3v) is 16.3. The number of nitrogens with one attached hydrogen (secondary N) is 1. The minimum Gasteiger partial charge on any atom is -0.423 e. The Labute approximate surface area is 445 Å². The molecule has 10 heterocycles. The number of halogens is 1. The molecule has 0 fully saturated rings. The number of nitrogens with zero attached hydrogens (tertiary/aromatic N) is 7. The predicted molar refractivity (Wildman–Crippen MR) is 299 cm³/mol. The standard InChI is InChI=1S/C29H20N4O3.C25H18BrN3O3.C5H6BNO2/c34-17-9-11-32-21-8-7-15(16-4-3-10-30-13-16)12-19(21)23-25-24(28(35)31-29(25)36)22-18-5-1-2-6-20(18)33(14-17)27(22)26(23)32;1-27-24(31)20-18-14-4-2-3-5-16(14)29-11-13(30)8-9-28-17-7-6-12(26)10-15(17)19(21(20)25(27)32)22(28)23(18)29;8-6(9)5-2-1-3-7-4-5/h1-8,10,12-13,17,34H,9,11,14H2,(H,31,35,36);2-7,10,13,30H,8-9,11H2,1H3;1-4,8-9H. The minimum absolute atomic E-state index is 0.259. The molecule has 0 saturated carbocycles. The molecule has 6 aromatic heterocycles. The number of aliphatic hydroxyl groups excluding tert-OH is 2. The van der Waals surface area contributed by atoms with Gasteiger partial charge in [-0.2, -0.15) is 0 Å². The van der Waals surface area contributed by atoms with E-state index in [0.29, 0.717) is 66.7 Å². The zero-order valence-electron chi connectivity index (χ0n) is 41.1. The molecular formula is C59H44BBrN8O8. The summed E-state index contributed by atoms with van der Waals surface area (Å²) < 4.78 is 9.61. The van der Waals surface area contributed by atoms with E-state index < -0.39 is 19.3 Å². The van der Waals surface area contributed by atoms with Gasteiger partial charge in [-0.05, 0) is 73.0 Å². The SMILES string of the molecule is CN1C(=O)c2c(c3c4ccccc4n4c3c3c2c2cc(Br)ccc2n3CCC(O)C4)C1=O.O=C1NC(=O)c2c1c1c3cc(-c4cccnc4)ccc3n3c1c1c2c2ccccc2n1CC(O)CC3.OB(O)c1cccnc1. The molecule has 0 aliphatic carbocycles. The van der Waals surface area contributed by atoms with Crippen LogP contribution in [0.3, 0.4) is 0 Å². The molecular weight excluding hydrogens is 1040 g/mol. The van der Waals surface area contributed by atoms with Gasteiger partial charge in [0.25, 0.3) is 23.6 Å². The van der Waals surface area contributed by atoms with Crippen molar-refractivity contribution in [2.24, 2.45) is 0 Å². The summed E-state index contributed by atoms with van der Waals surface area (Å²) in [5.74, 6) is -1.26. The molecule has 0 spiro atoms.